The van der Waals surface area contributed by atoms with Crippen molar-refractivity contribution in [3.05, 3.63) is 23.9 Å². The minimum absolute atomic E-state index is 0.586. The van der Waals surface area contributed by atoms with Gasteiger partial charge in [0.1, 0.15) is 11.5 Å². The third-order valence-corrected chi connectivity index (χ3v) is 3.08. The van der Waals surface area contributed by atoms with Crippen LogP contribution < -0.4 is 20.5 Å². The van der Waals surface area contributed by atoms with Gasteiger partial charge >= 0.3 is 0 Å². The SMILES string of the molecule is CCOc1ccc(OCC)c(Nc2c(N)c(C)nn2C)c1. The summed E-state index contributed by atoms with van der Waals surface area (Å²) in [5, 5.41) is 7.58. The summed E-state index contributed by atoms with van der Waals surface area (Å²) in [6.07, 6.45) is 0. The van der Waals surface area contributed by atoms with Gasteiger partial charge in [-0.15, -0.1) is 0 Å². The van der Waals surface area contributed by atoms with Crippen molar-refractivity contribution in [2.24, 2.45) is 7.05 Å². The molecule has 3 N–H and O–H groups in total. The molecule has 2 rings (SSSR count). The van der Waals surface area contributed by atoms with Crippen LogP contribution in [0.5, 0.6) is 11.5 Å². The predicted molar refractivity (Wildman–Crippen MR) is 84.4 cm³/mol. The maximum atomic E-state index is 6.05. The molecule has 0 unspecified atom stereocenters. The van der Waals surface area contributed by atoms with E-state index in [1.807, 2.05) is 46.0 Å². The van der Waals surface area contributed by atoms with E-state index in [0.29, 0.717) is 18.9 Å². The third-order valence-electron chi connectivity index (χ3n) is 3.08. The fourth-order valence-corrected chi connectivity index (χ4v) is 2.09. The molecule has 114 valence electrons. The van der Waals surface area contributed by atoms with Crippen LogP contribution >= 0.6 is 0 Å². The van der Waals surface area contributed by atoms with E-state index in [1.165, 1.54) is 0 Å². The van der Waals surface area contributed by atoms with Crippen LogP contribution in [0.2, 0.25) is 0 Å². The Morgan fingerprint density at radius 1 is 1.24 bits per heavy atom. The molecule has 0 saturated carbocycles. The van der Waals surface area contributed by atoms with E-state index in [-0.39, 0.29) is 0 Å². The number of nitrogen functional groups attached to an aromatic ring is 1. The van der Waals surface area contributed by atoms with Crippen LogP contribution in [0.1, 0.15) is 19.5 Å². The Labute approximate surface area is 124 Å². The van der Waals surface area contributed by atoms with Gasteiger partial charge in [0.2, 0.25) is 0 Å². The van der Waals surface area contributed by atoms with Crippen molar-refractivity contribution in [1.29, 1.82) is 0 Å². The van der Waals surface area contributed by atoms with Gasteiger partial charge in [0, 0.05) is 13.1 Å². The van der Waals surface area contributed by atoms with E-state index in [9.17, 15) is 0 Å². The Hall–Kier alpha value is -2.37. The van der Waals surface area contributed by atoms with Crippen LogP contribution in [0.25, 0.3) is 0 Å². The summed E-state index contributed by atoms with van der Waals surface area (Å²) >= 11 is 0. The number of hydrogen-bond donors (Lipinski definition) is 2. The quantitative estimate of drug-likeness (QED) is 0.855. The first-order valence-electron chi connectivity index (χ1n) is 7.02. The van der Waals surface area contributed by atoms with E-state index in [1.54, 1.807) is 4.68 Å². The van der Waals surface area contributed by atoms with Crippen LogP contribution in [-0.2, 0) is 7.05 Å². The van der Waals surface area contributed by atoms with Gasteiger partial charge in [-0.1, -0.05) is 0 Å². The zero-order valence-corrected chi connectivity index (χ0v) is 12.9. The monoisotopic (exact) mass is 290 g/mol. The second-order valence-corrected chi connectivity index (χ2v) is 4.62. The highest BCUT2D eigenvalue weighted by atomic mass is 16.5. The van der Waals surface area contributed by atoms with Crippen LogP contribution in [0.3, 0.4) is 0 Å². The number of nitrogens with two attached hydrogens (primary N) is 1. The lowest BCUT2D eigenvalue weighted by Gasteiger charge is -2.14. The Morgan fingerprint density at radius 3 is 2.52 bits per heavy atom. The average molecular weight is 290 g/mol. The summed E-state index contributed by atoms with van der Waals surface area (Å²) in [7, 11) is 1.85. The molecule has 0 aliphatic rings. The second kappa shape index (κ2) is 6.39. The van der Waals surface area contributed by atoms with Gasteiger partial charge in [-0.2, -0.15) is 5.10 Å². The number of benzene rings is 1. The molecule has 1 aromatic carbocycles. The molecule has 0 aliphatic heterocycles. The summed E-state index contributed by atoms with van der Waals surface area (Å²) in [6, 6.07) is 5.67. The molecule has 0 saturated heterocycles. The fourth-order valence-electron chi connectivity index (χ4n) is 2.09. The van der Waals surface area contributed by atoms with Crippen LogP contribution in [0.15, 0.2) is 18.2 Å². The number of nitrogens with one attached hydrogen (secondary N) is 1. The molecule has 21 heavy (non-hydrogen) atoms. The standard InChI is InChI=1S/C15H22N4O2/c1-5-20-11-7-8-13(21-6-2)12(9-11)17-15-14(16)10(3)18-19(15)4/h7-9,17H,5-6,16H2,1-4H3. The number of aryl methyl sites for hydroxylation is 2. The lowest BCUT2D eigenvalue weighted by Crippen LogP contribution is -2.04. The molecule has 0 bridgehead atoms. The number of aromatic nitrogens is 2. The average Bonchev–Trinajstić information content (AvgIpc) is 2.69. The van der Waals surface area contributed by atoms with Crippen molar-refractivity contribution in [1.82, 2.24) is 9.78 Å². The van der Waals surface area contributed by atoms with Crippen LogP contribution in [-0.4, -0.2) is 23.0 Å². The van der Waals surface area contributed by atoms with E-state index in [0.717, 1.165) is 28.7 Å². The van der Waals surface area contributed by atoms with Crippen molar-refractivity contribution in [3.8, 4) is 11.5 Å². The van der Waals surface area contributed by atoms with Crippen molar-refractivity contribution < 1.29 is 9.47 Å². The van der Waals surface area contributed by atoms with E-state index in [2.05, 4.69) is 10.4 Å². The Bertz CT molecular complexity index is 622. The summed E-state index contributed by atoms with van der Waals surface area (Å²) < 4.78 is 12.9. The van der Waals surface area contributed by atoms with E-state index >= 15 is 0 Å². The summed E-state index contributed by atoms with van der Waals surface area (Å²) in [4.78, 5) is 0. The zero-order chi connectivity index (χ0) is 15.4. The highest BCUT2D eigenvalue weighted by molar-refractivity contribution is 5.74. The number of anilines is 3. The van der Waals surface area contributed by atoms with E-state index < -0.39 is 0 Å². The largest absolute Gasteiger partial charge is 0.494 e. The van der Waals surface area contributed by atoms with Gasteiger partial charge in [0.05, 0.1) is 30.3 Å². The summed E-state index contributed by atoms with van der Waals surface area (Å²) in [6.45, 7) is 6.97. The Balaban J connectivity index is 2.38. The third kappa shape index (κ3) is 3.21. The molecule has 6 nitrogen and oxygen atoms in total. The Morgan fingerprint density at radius 2 is 1.95 bits per heavy atom. The van der Waals surface area contributed by atoms with Crippen LogP contribution in [0, 0.1) is 6.92 Å². The highest BCUT2D eigenvalue weighted by Crippen LogP contribution is 2.34. The molecule has 0 spiro atoms. The number of rotatable bonds is 6. The van der Waals surface area contributed by atoms with Crippen molar-refractivity contribution in [3.63, 3.8) is 0 Å². The molecule has 6 heteroatoms. The second-order valence-electron chi connectivity index (χ2n) is 4.62. The predicted octanol–water partition coefficient (Wildman–Crippen LogP) is 2.85. The first-order chi connectivity index (χ1) is 10.1. The van der Waals surface area contributed by atoms with Crippen molar-refractivity contribution in [2.75, 3.05) is 24.3 Å². The molecule has 1 heterocycles. The van der Waals surface area contributed by atoms with Crippen LogP contribution in [0.4, 0.5) is 17.2 Å². The first-order valence-corrected chi connectivity index (χ1v) is 7.02. The number of ether oxygens (including phenoxy) is 2. The van der Waals surface area contributed by atoms with Gasteiger partial charge in [-0.05, 0) is 32.9 Å². The van der Waals surface area contributed by atoms with Gasteiger partial charge in [0.25, 0.3) is 0 Å². The molecule has 2 aromatic rings. The fraction of sp³-hybridized carbons (Fsp3) is 0.400. The van der Waals surface area contributed by atoms with Gasteiger partial charge in [-0.3, -0.25) is 4.68 Å². The zero-order valence-electron chi connectivity index (χ0n) is 12.9. The van der Waals surface area contributed by atoms with Crippen molar-refractivity contribution in [2.45, 2.75) is 20.8 Å². The first kappa shape index (κ1) is 15.0. The highest BCUT2D eigenvalue weighted by Gasteiger charge is 2.13. The van der Waals surface area contributed by atoms with Gasteiger partial charge in [-0.25, -0.2) is 0 Å². The lowest BCUT2D eigenvalue weighted by molar-refractivity contribution is 0.332. The minimum atomic E-state index is 0.586. The van der Waals surface area contributed by atoms with E-state index in [4.69, 9.17) is 15.2 Å². The summed E-state index contributed by atoms with van der Waals surface area (Å²) in [5.74, 6) is 2.27. The maximum Gasteiger partial charge on any atom is 0.152 e. The lowest BCUT2D eigenvalue weighted by atomic mass is 10.2. The molecular formula is C15H22N4O2. The molecular weight excluding hydrogens is 268 g/mol. The molecule has 0 amide bonds. The number of hydrogen-bond acceptors (Lipinski definition) is 5. The van der Waals surface area contributed by atoms with Crippen molar-refractivity contribution >= 4 is 17.2 Å². The van der Waals surface area contributed by atoms with Gasteiger partial charge < -0.3 is 20.5 Å². The number of nitrogens with zero attached hydrogens (tertiary/aromatic N) is 2. The smallest absolute Gasteiger partial charge is 0.152 e. The maximum absolute atomic E-state index is 6.05. The molecule has 1 aromatic heterocycles. The van der Waals surface area contributed by atoms with Gasteiger partial charge in [0.15, 0.2) is 5.82 Å². The minimum Gasteiger partial charge on any atom is -0.494 e. The molecule has 0 fully saturated rings. The normalized spacial score (nSPS) is 10.5. The summed E-state index contributed by atoms with van der Waals surface area (Å²) in [5.41, 5.74) is 8.27. The Kier molecular flexibility index (Phi) is 4.57. The molecule has 0 radical (unpaired) electrons. The molecule has 0 aliphatic carbocycles. The molecule has 0 atom stereocenters. The topological polar surface area (TPSA) is 74.3 Å².